The van der Waals surface area contributed by atoms with Crippen LogP contribution in [-0.2, 0) is 21.1 Å². The fourth-order valence-electron chi connectivity index (χ4n) is 11.4. The van der Waals surface area contributed by atoms with Crippen molar-refractivity contribution in [3.63, 3.8) is 0 Å². The summed E-state index contributed by atoms with van der Waals surface area (Å²) < 4.78 is 19.8. The van der Waals surface area contributed by atoms with E-state index in [4.69, 9.17) is 14.3 Å². The summed E-state index contributed by atoms with van der Waals surface area (Å²) >= 11 is 1.71. The minimum atomic E-state index is 0. The van der Waals surface area contributed by atoms with Crippen molar-refractivity contribution >= 4 is 81.6 Å². The van der Waals surface area contributed by atoms with Crippen LogP contribution in [0.1, 0.15) is 17.0 Å². The van der Waals surface area contributed by atoms with E-state index in [1.807, 2.05) is 51.1 Å². The molecule has 0 radical (unpaired) electrons. The number of rotatable bonds is 7. The number of nitrogens with zero attached hydrogens (tertiary/aromatic N) is 5. The van der Waals surface area contributed by atoms with Crippen molar-refractivity contribution in [2.75, 3.05) is 7.11 Å². The van der Waals surface area contributed by atoms with Gasteiger partial charge in [-0.05, 0) is 126 Å². The summed E-state index contributed by atoms with van der Waals surface area (Å²) in [4.78, 5) is 0. The predicted molar refractivity (Wildman–Crippen MR) is 313 cm³/mol. The third kappa shape index (κ3) is 8.06. The molecule has 7 nitrogen and oxygen atoms in total. The van der Waals surface area contributed by atoms with Crippen LogP contribution in [0.5, 0.6) is 5.75 Å². The van der Waals surface area contributed by atoms with Crippen LogP contribution in [-0.4, -0.2) is 31.1 Å². The maximum atomic E-state index is 6.33. The zero-order valence-corrected chi connectivity index (χ0v) is 45.6. The number of ether oxygens (including phenoxy) is 1. The Labute approximate surface area is 463 Å². The van der Waals surface area contributed by atoms with Gasteiger partial charge in [-0.3, -0.25) is 20.5 Å². The predicted octanol–water partition coefficient (Wildman–Crippen LogP) is 17.8. The van der Waals surface area contributed by atoms with Crippen LogP contribution in [0.4, 0.5) is 0 Å². The fraction of sp³-hybridized carbons (Fsp3) is 0.0588. The second kappa shape index (κ2) is 19.4. The molecule has 0 unspecified atom stereocenters. The van der Waals surface area contributed by atoms with Gasteiger partial charge >= 0.3 is 21.1 Å². The summed E-state index contributed by atoms with van der Waals surface area (Å²) in [6, 6.07) is 77.2. The summed E-state index contributed by atoms with van der Waals surface area (Å²) in [6.45, 7) is 6.30. The van der Waals surface area contributed by atoms with Crippen LogP contribution in [0.25, 0.3) is 126 Å². The molecule has 0 fully saturated rings. The number of pyridine rings is 1. The molecule has 0 N–H and O–H groups in total. The molecule has 0 amide bonds. The van der Waals surface area contributed by atoms with Crippen LogP contribution >= 0.6 is 11.3 Å². The van der Waals surface area contributed by atoms with Gasteiger partial charge in [0.05, 0.1) is 29.4 Å². The van der Waals surface area contributed by atoms with Gasteiger partial charge in [-0.15, -0.1) is 11.4 Å². The molecule has 15 aromatic rings. The largest absolute Gasteiger partial charge is 2.00 e. The van der Waals surface area contributed by atoms with E-state index < -0.39 is 0 Å². The molecule has 0 atom stereocenters. The third-order valence-electron chi connectivity index (χ3n) is 14.8. The number of aryl methyl sites for hydroxylation is 2. The monoisotopic (exact) mass is 1190 g/mol. The summed E-state index contributed by atoms with van der Waals surface area (Å²) in [7, 11) is 1.75. The molecule has 0 aliphatic heterocycles. The van der Waals surface area contributed by atoms with E-state index in [9.17, 15) is 0 Å². The van der Waals surface area contributed by atoms with Crippen molar-refractivity contribution in [3.05, 3.63) is 241 Å². The van der Waals surface area contributed by atoms with Gasteiger partial charge in [0.25, 0.3) is 0 Å². The standard InChI is InChI=1S/C37H20N3OS.C31H27N2O.Pt/c1-3-7-31-25(5-1)26-6-2-4-8-32(26)39(31)24-11-14-36-29(21-24)28-19-23(10-13-35(28)41-36)22-9-12-27-30(20-22)37-34(16-18-42-37)40-33(27)15-17-38-40;1-21-19-28(24-11-7-5-8-12-24)31(34-4)29(20-21)25-15-17-26(18-16-25)30-22(2)32-33(23(30)3)27-13-9-6-10-14-27;/h1-15,17-21H;5-13,15-20H,1-4H3;/q2*-1;+2. The average Bonchev–Trinajstić information content (AvgIpc) is 4.46. The number of para-hydroxylation sites is 3. The van der Waals surface area contributed by atoms with Crippen molar-refractivity contribution in [2.24, 2.45) is 0 Å². The summed E-state index contributed by atoms with van der Waals surface area (Å²) in [5.41, 5.74) is 20.8. The van der Waals surface area contributed by atoms with E-state index in [2.05, 4.69) is 212 Å². The van der Waals surface area contributed by atoms with Crippen molar-refractivity contribution in [1.29, 1.82) is 0 Å². The first-order valence-corrected chi connectivity index (χ1v) is 26.3. The second-order valence-electron chi connectivity index (χ2n) is 19.4. The molecule has 15 rings (SSSR count). The number of fused-ring (bicyclic) bond motifs is 12. The minimum absolute atomic E-state index is 0. The number of hydrogen-bond donors (Lipinski definition) is 0. The molecule has 6 heterocycles. The molecule has 0 spiro atoms. The topological polar surface area (TPSA) is 62.4 Å². The van der Waals surface area contributed by atoms with Crippen LogP contribution < -0.4 is 4.74 Å². The molecule has 9 heteroatoms. The van der Waals surface area contributed by atoms with Crippen molar-refractivity contribution in [2.45, 2.75) is 20.8 Å². The van der Waals surface area contributed by atoms with Gasteiger partial charge in [0, 0.05) is 55.8 Å². The van der Waals surface area contributed by atoms with E-state index >= 15 is 0 Å². The number of hydrogen-bond acceptors (Lipinski definition) is 5. The quantitative estimate of drug-likeness (QED) is 0.149. The Morgan fingerprint density at radius 1 is 0.532 bits per heavy atom. The minimum Gasteiger partial charge on any atom is -0.495 e. The maximum Gasteiger partial charge on any atom is 2.00 e. The molecule has 77 heavy (non-hydrogen) atoms. The molecule has 0 saturated heterocycles. The molecule has 0 aliphatic rings. The molecule has 0 saturated carbocycles. The van der Waals surface area contributed by atoms with Crippen molar-refractivity contribution in [3.8, 4) is 61.6 Å². The van der Waals surface area contributed by atoms with Crippen LogP contribution in [0.3, 0.4) is 0 Å². The number of thiophene rings is 1. The van der Waals surface area contributed by atoms with Crippen LogP contribution in [0.15, 0.2) is 216 Å². The molecule has 0 aliphatic carbocycles. The van der Waals surface area contributed by atoms with E-state index in [0.29, 0.717) is 0 Å². The molecular formula is C68H47N5O2PtS. The SMILES string of the molecule is COc1c(-c2ccccc2)cc(C)cc1-c1ccc(-c2c(C)nn(-c3[c-]cccc3)c2C)cc1.[Pt+2].[c-]1csc2c3cc(-c4ccc5oc6ccc(-n7c8ccccc8c8ccccc87)cc6c5c4)ccc3c3ccnn3c12. The molecular weight excluding hydrogens is 1150 g/mol. The second-order valence-corrected chi connectivity index (χ2v) is 20.2. The van der Waals surface area contributed by atoms with E-state index in [-0.39, 0.29) is 21.1 Å². The fourth-order valence-corrected chi connectivity index (χ4v) is 12.2. The molecule has 0 bridgehead atoms. The molecule has 9 aromatic carbocycles. The maximum absolute atomic E-state index is 6.33. The number of benzene rings is 9. The van der Waals surface area contributed by atoms with Gasteiger partial charge in [-0.1, -0.05) is 131 Å². The van der Waals surface area contributed by atoms with Crippen molar-refractivity contribution in [1.82, 2.24) is 24.0 Å². The smallest absolute Gasteiger partial charge is 0.495 e. The zero-order valence-electron chi connectivity index (χ0n) is 42.5. The first kappa shape index (κ1) is 47.9. The van der Waals surface area contributed by atoms with E-state index in [1.54, 1.807) is 18.4 Å². The van der Waals surface area contributed by atoms with Gasteiger partial charge in [-0.2, -0.15) is 34.5 Å². The third-order valence-corrected chi connectivity index (χ3v) is 15.7. The molecule has 372 valence electrons. The van der Waals surface area contributed by atoms with E-state index in [1.165, 1.54) is 48.4 Å². The zero-order chi connectivity index (χ0) is 51.0. The van der Waals surface area contributed by atoms with Gasteiger partial charge in [0.1, 0.15) is 16.9 Å². The van der Waals surface area contributed by atoms with Crippen LogP contribution in [0, 0.1) is 32.9 Å². The first-order chi connectivity index (χ1) is 37.4. The van der Waals surface area contributed by atoms with Gasteiger partial charge in [-0.25, -0.2) is 6.07 Å². The van der Waals surface area contributed by atoms with Gasteiger partial charge in [0.2, 0.25) is 0 Å². The Bertz CT molecular complexity index is 4670. The summed E-state index contributed by atoms with van der Waals surface area (Å²) in [6.07, 6.45) is 1.86. The van der Waals surface area contributed by atoms with E-state index in [0.717, 1.165) is 100 Å². The summed E-state index contributed by atoms with van der Waals surface area (Å²) in [5, 5.41) is 18.5. The summed E-state index contributed by atoms with van der Waals surface area (Å²) in [5.74, 6) is 0.893. The Morgan fingerprint density at radius 3 is 1.86 bits per heavy atom. The number of furan rings is 1. The number of aromatic nitrogens is 5. The number of methoxy groups -OCH3 is 1. The average molecular weight is 1190 g/mol. The van der Waals surface area contributed by atoms with Gasteiger partial charge in [0.15, 0.2) is 0 Å². The Balaban J connectivity index is 0.000000149. The first-order valence-electron chi connectivity index (χ1n) is 25.4. The normalized spacial score (nSPS) is 11.5. The Hall–Kier alpha value is -8.81. The van der Waals surface area contributed by atoms with Crippen LogP contribution in [0.2, 0.25) is 0 Å². The van der Waals surface area contributed by atoms with Gasteiger partial charge < -0.3 is 13.7 Å². The Morgan fingerprint density at radius 2 is 1.14 bits per heavy atom. The Kier molecular flexibility index (Phi) is 12.1. The van der Waals surface area contributed by atoms with Crippen molar-refractivity contribution < 1.29 is 30.2 Å². The molecule has 6 aromatic heterocycles.